The zero-order valence-electron chi connectivity index (χ0n) is 14.9. The molecule has 0 bridgehead atoms. The first kappa shape index (κ1) is 18.3. The minimum atomic E-state index is -0.108. The largest absolute Gasteiger partial charge is 0.289 e. The summed E-state index contributed by atoms with van der Waals surface area (Å²) in [5.41, 5.74) is 3.49. The number of para-hydroxylation sites is 1. The third kappa shape index (κ3) is 3.54. The molecule has 1 aliphatic rings. The van der Waals surface area contributed by atoms with Gasteiger partial charge in [0.15, 0.2) is 0 Å². The lowest BCUT2D eigenvalue weighted by Gasteiger charge is -2.10. The molecule has 2 aromatic heterocycles. The van der Waals surface area contributed by atoms with Gasteiger partial charge in [0.2, 0.25) is 0 Å². The van der Waals surface area contributed by atoms with Crippen LogP contribution in [0.25, 0.3) is 23.0 Å². The van der Waals surface area contributed by atoms with Gasteiger partial charge in [0.25, 0.3) is 5.91 Å². The molecule has 0 unspecified atom stereocenters. The van der Waals surface area contributed by atoms with Gasteiger partial charge < -0.3 is 0 Å². The van der Waals surface area contributed by atoms with E-state index in [1.807, 2.05) is 59.4 Å². The number of amides is 1. The molecule has 1 fully saturated rings. The fraction of sp³-hybridized carbons (Fsp3) is 0.0476. The second-order valence-corrected chi connectivity index (χ2v) is 7.71. The molecule has 1 saturated heterocycles. The van der Waals surface area contributed by atoms with E-state index in [9.17, 15) is 4.79 Å². The van der Waals surface area contributed by atoms with E-state index in [0.717, 1.165) is 22.5 Å². The highest BCUT2D eigenvalue weighted by atomic mass is 32.2. The molecule has 1 aliphatic heterocycles. The highest BCUT2D eigenvalue weighted by Gasteiger charge is 2.31. The van der Waals surface area contributed by atoms with Gasteiger partial charge in [-0.2, -0.15) is 5.10 Å². The van der Waals surface area contributed by atoms with Gasteiger partial charge in [0.1, 0.15) is 10.0 Å². The molecule has 28 heavy (non-hydrogen) atoms. The minimum absolute atomic E-state index is 0.108. The molecule has 1 amide bonds. The van der Waals surface area contributed by atoms with Gasteiger partial charge in [0.05, 0.1) is 10.6 Å². The summed E-state index contributed by atoms with van der Waals surface area (Å²) in [7, 11) is 0. The summed E-state index contributed by atoms with van der Waals surface area (Å²) in [6.45, 7) is 4.10. The number of aromatic nitrogens is 3. The molecule has 3 heterocycles. The topological polar surface area (TPSA) is 51.0 Å². The highest BCUT2D eigenvalue weighted by Crippen LogP contribution is 2.34. The van der Waals surface area contributed by atoms with Gasteiger partial charge in [-0.3, -0.25) is 14.7 Å². The molecule has 0 aliphatic carbocycles. The number of nitrogens with zero attached hydrogens (tertiary/aromatic N) is 4. The fourth-order valence-corrected chi connectivity index (χ4v) is 4.13. The fourth-order valence-electron chi connectivity index (χ4n) is 2.87. The molecular formula is C21H16N4OS2. The summed E-state index contributed by atoms with van der Waals surface area (Å²) in [6.07, 6.45) is 8.90. The van der Waals surface area contributed by atoms with E-state index in [1.54, 1.807) is 23.4 Å². The smallest absolute Gasteiger partial charge is 0.266 e. The monoisotopic (exact) mass is 404 g/mol. The zero-order valence-corrected chi connectivity index (χ0v) is 16.5. The third-order valence-electron chi connectivity index (χ3n) is 4.19. The van der Waals surface area contributed by atoms with Crippen molar-refractivity contribution in [1.82, 2.24) is 19.7 Å². The average Bonchev–Trinajstić information content (AvgIpc) is 3.26. The Balaban J connectivity index is 1.80. The number of thiocarbonyl (C=S) groups is 1. The lowest BCUT2D eigenvalue weighted by Crippen LogP contribution is -2.27. The van der Waals surface area contributed by atoms with Crippen LogP contribution in [0.3, 0.4) is 0 Å². The first-order valence-electron chi connectivity index (χ1n) is 8.59. The SMILES string of the molecule is C=CCN1C(=O)/C(=C\c2cn(-c3ccccc3)nc2-c2ccncc2)SC1=S. The van der Waals surface area contributed by atoms with Crippen LogP contribution in [0.4, 0.5) is 0 Å². The molecule has 5 nitrogen and oxygen atoms in total. The van der Waals surface area contributed by atoms with Crippen LogP contribution in [0.15, 0.2) is 78.6 Å². The quantitative estimate of drug-likeness (QED) is 0.360. The first-order valence-corrected chi connectivity index (χ1v) is 9.81. The van der Waals surface area contributed by atoms with Crippen molar-refractivity contribution in [2.75, 3.05) is 6.54 Å². The maximum atomic E-state index is 12.7. The lowest BCUT2D eigenvalue weighted by atomic mass is 10.1. The minimum Gasteiger partial charge on any atom is -0.289 e. The standard InChI is InChI=1S/C21H16N4OS2/c1-2-12-24-20(26)18(28-21(24)27)13-16-14-25(17-6-4-3-5-7-17)23-19(16)15-8-10-22-11-9-15/h2-11,13-14H,1,12H2/b18-13+. The molecule has 0 spiro atoms. The normalized spacial score (nSPS) is 15.4. The zero-order chi connectivity index (χ0) is 19.5. The van der Waals surface area contributed by atoms with Crippen LogP contribution in [0.2, 0.25) is 0 Å². The van der Waals surface area contributed by atoms with Crippen molar-refractivity contribution in [1.29, 1.82) is 0 Å². The Labute approximate surface area is 172 Å². The van der Waals surface area contributed by atoms with Crippen molar-refractivity contribution in [3.8, 4) is 16.9 Å². The predicted octanol–water partition coefficient (Wildman–Crippen LogP) is 4.32. The van der Waals surface area contributed by atoms with Crippen molar-refractivity contribution < 1.29 is 4.79 Å². The Bertz CT molecular complexity index is 1070. The van der Waals surface area contributed by atoms with E-state index in [2.05, 4.69) is 11.6 Å². The molecule has 3 aromatic rings. The number of hydrogen-bond donors (Lipinski definition) is 0. The van der Waals surface area contributed by atoms with Gasteiger partial charge in [-0.15, -0.1) is 6.58 Å². The number of rotatable bonds is 5. The van der Waals surface area contributed by atoms with E-state index < -0.39 is 0 Å². The number of carbonyl (C=O) groups excluding carboxylic acids is 1. The number of benzene rings is 1. The van der Waals surface area contributed by atoms with Gasteiger partial charge in [-0.25, -0.2) is 4.68 Å². The van der Waals surface area contributed by atoms with Crippen LogP contribution in [0.1, 0.15) is 5.56 Å². The second-order valence-electron chi connectivity index (χ2n) is 6.03. The van der Waals surface area contributed by atoms with Gasteiger partial charge in [-0.1, -0.05) is 48.3 Å². The van der Waals surface area contributed by atoms with Crippen LogP contribution in [0.5, 0.6) is 0 Å². The molecule has 0 atom stereocenters. The van der Waals surface area contributed by atoms with Crippen molar-refractivity contribution in [3.05, 3.63) is 84.2 Å². The summed E-state index contributed by atoms with van der Waals surface area (Å²) >= 11 is 6.63. The molecule has 4 rings (SSSR count). The second kappa shape index (κ2) is 7.92. The molecule has 0 saturated carbocycles. The predicted molar refractivity (Wildman–Crippen MR) is 117 cm³/mol. The maximum Gasteiger partial charge on any atom is 0.266 e. The lowest BCUT2D eigenvalue weighted by molar-refractivity contribution is -0.121. The van der Waals surface area contributed by atoms with Gasteiger partial charge in [0, 0.05) is 36.3 Å². The molecule has 0 radical (unpaired) electrons. The van der Waals surface area contributed by atoms with E-state index in [-0.39, 0.29) is 5.91 Å². The highest BCUT2D eigenvalue weighted by molar-refractivity contribution is 8.26. The van der Waals surface area contributed by atoms with Crippen molar-refractivity contribution in [2.45, 2.75) is 0 Å². The summed E-state index contributed by atoms with van der Waals surface area (Å²) in [4.78, 5) is 18.9. The van der Waals surface area contributed by atoms with Crippen LogP contribution in [-0.4, -0.2) is 36.4 Å². The average molecular weight is 405 g/mol. The van der Waals surface area contributed by atoms with Crippen molar-refractivity contribution in [3.63, 3.8) is 0 Å². The number of thioether (sulfide) groups is 1. The van der Waals surface area contributed by atoms with Crippen LogP contribution in [0, 0.1) is 0 Å². The summed E-state index contributed by atoms with van der Waals surface area (Å²) in [6, 6.07) is 13.7. The number of pyridine rings is 1. The Kier molecular flexibility index (Phi) is 5.18. The van der Waals surface area contributed by atoms with E-state index in [0.29, 0.717) is 15.8 Å². The van der Waals surface area contributed by atoms with Gasteiger partial charge in [-0.05, 0) is 30.3 Å². The molecule has 7 heteroatoms. The molecule has 1 aromatic carbocycles. The van der Waals surface area contributed by atoms with Crippen LogP contribution < -0.4 is 0 Å². The van der Waals surface area contributed by atoms with Crippen molar-refractivity contribution >= 4 is 40.3 Å². The van der Waals surface area contributed by atoms with Crippen molar-refractivity contribution in [2.24, 2.45) is 0 Å². The van der Waals surface area contributed by atoms with Crippen LogP contribution >= 0.6 is 24.0 Å². The summed E-state index contributed by atoms with van der Waals surface area (Å²) in [5, 5.41) is 4.75. The maximum absolute atomic E-state index is 12.7. The Hall–Kier alpha value is -3.03. The Morgan fingerprint density at radius 1 is 1.14 bits per heavy atom. The first-order chi connectivity index (χ1) is 13.7. The van der Waals surface area contributed by atoms with Gasteiger partial charge >= 0.3 is 0 Å². The van der Waals surface area contributed by atoms with E-state index in [4.69, 9.17) is 17.3 Å². The molecular weight excluding hydrogens is 388 g/mol. The van der Waals surface area contributed by atoms with E-state index >= 15 is 0 Å². The number of hydrogen-bond acceptors (Lipinski definition) is 5. The summed E-state index contributed by atoms with van der Waals surface area (Å²) in [5.74, 6) is -0.108. The Morgan fingerprint density at radius 3 is 2.61 bits per heavy atom. The Morgan fingerprint density at radius 2 is 1.89 bits per heavy atom. The van der Waals surface area contributed by atoms with Crippen LogP contribution in [-0.2, 0) is 4.79 Å². The molecule has 0 N–H and O–H groups in total. The third-order valence-corrected chi connectivity index (χ3v) is 5.57. The summed E-state index contributed by atoms with van der Waals surface area (Å²) < 4.78 is 2.35. The van der Waals surface area contributed by atoms with E-state index in [1.165, 1.54) is 11.8 Å². The molecule has 138 valence electrons. The number of carbonyl (C=O) groups is 1.